The number of aliphatic hydroxyl groups excluding tert-OH is 1. The van der Waals surface area contributed by atoms with Crippen LogP contribution in [0, 0.1) is 0 Å². The van der Waals surface area contributed by atoms with Crippen molar-refractivity contribution in [3.63, 3.8) is 0 Å². The van der Waals surface area contributed by atoms with Crippen LogP contribution in [0.25, 0.3) is 11.1 Å². The Morgan fingerprint density at radius 1 is 0.910 bits per heavy atom. The molecule has 26 nitrogen and oxygen atoms in total. The van der Waals surface area contributed by atoms with E-state index in [-0.39, 0.29) is 30.3 Å². The zero-order chi connectivity index (χ0) is 58.6. The number of carbonyl (C=O) groups excluding carboxylic acids is 6. The van der Waals surface area contributed by atoms with Crippen molar-refractivity contribution < 1.29 is 84.3 Å². The molecule has 2 aliphatic rings. The number of fused-ring (bicyclic) bond motifs is 1. The standard InChI is InChI=1S/C50H73N9O17S2/c1-45(2,3)71-40(63)50(15,75-56-36(33-28-77-41(53-33)55-44(66)74-48(10,11)12)38(61)54-37-39(62)59(49(37,13)14)76-78(67,68)69)35-20-18-30-23-29(17-19-34(30)70-35)31-25-57(22-16-21-51-42(64)72-46(4,5)6)58(26-31)27-32(60)24-52-43(65)73-47(7,8)9/h17,19,23,25-26,28,32,35,37,60H,16,18,20-22,24,27H2,1-15H3,(H4-,51,52,53,54,55,61,64,65,66,67,68,69)/b56-36-/t32-,35+,37+,50-/m0/s1. The van der Waals surface area contributed by atoms with Crippen LogP contribution in [0.15, 0.2) is 41.1 Å². The quantitative estimate of drug-likeness (QED) is 0.0124. The van der Waals surface area contributed by atoms with E-state index in [9.17, 15) is 46.8 Å². The summed E-state index contributed by atoms with van der Waals surface area (Å²) >= 11 is 0.876. The van der Waals surface area contributed by atoms with Crippen LogP contribution in [0.4, 0.5) is 19.5 Å². The van der Waals surface area contributed by atoms with Crippen molar-refractivity contribution in [3.8, 4) is 16.9 Å². The Morgan fingerprint density at radius 3 is 2.10 bits per heavy atom. The van der Waals surface area contributed by atoms with Gasteiger partial charge in [-0.15, -0.1) is 16.0 Å². The third kappa shape index (κ3) is 17.7. The predicted octanol–water partition coefficient (Wildman–Crippen LogP) is 4.76. The largest absolute Gasteiger partial charge is 0.724 e. The Morgan fingerprint density at radius 2 is 1.51 bits per heavy atom. The van der Waals surface area contributed by atoms with E-state index < -0.39 is 104 Å². The molecule has 0 radical (unpaired) electrons. The topological polar surface area (TPSA) is 330 Å². The summed E-state index contributed by atoms with van der Waals surface area (Å²) in [6, 6.07) is 3.97. The van der Waals surface area contributed by atoms with Crippen LogP contribution in [0.3, 0.4) is 0 Å². The van der Waals surface area contributed by atoms with Crippen LogP contribution in [0.1, 0.15) is 128 Å². The zero-order valence-electron chi connectivity index (χ0n) is 46.7. The maximum atomic E-state index is 14.3. The smallest absolute Gasteiger partial charge is 0.413 e. The van der Waals surface area contributed by atoms with Gasteiger partial charge in [-0.25, -0.2) is 32.6 Å². The summed E-state index contributed by atoms with van der Waals surface area (Å²) in [5, 5.41) is 27.1. The van der Waals surface area contributed by atoms with Gasteiger partial charge in [-0.05, 0) is 140 Å². The molecule has 0 bridgehead atoms. The van der Waals surface area contributed by atoms with E-state index in [1.807, 2.05) is 23.1 Å². The summed E-state index contributed by atoms with van der Waals surface area (Å²) in [6.07, 6.45) is 0.482. The Bertz CT molecular complexity index is 2860. The normalized spacial score (nSPS) is 17.9. The Balaban J connectivity index is 1.45. The number of carbonyl (C=O) groups is 6. The second kappa shape index (κ2) is 23.8. The van der Waals surface area contributed by atoms with Gasteiger partial charge in [0.25, 0.3) is 17.4 Å². The van der Waals surface area contributed by atoms with Crippen LogP contribution in [-0.2, 0) is 72.4 Å². The van der Waals surface area contributed by atoms with Crippen molar-refractivity contribution in [2.24, 2.45) is 5.16 Å². The van der Waals surface area contributed by atoms with Gasteiger partial charge in [0.1, 0.15) is 46.4 Å². The first-order valence-electron chi connectivity index (χ1n) is 25.0. The number of ether oxygens (including phenoxy) is 5. The molecule has 0 aliphatic carbocycles. The van der Waals surface area contributed by atoms with Gasteiger partial charge in [0.05, 0.1) is 23.4 Å². The maximum absolute atomic E-state index is 14.3. The predicted molar refractivity (Wildman–Crippen MR) is 279 cm³/mol. The number of aliphatic hydroxyl groups is 1. The van der Waals surface area contributed by atoms with Crippen molar-refractivity contribution in [1.29, 1.82) is 0 Å². The van der Waals surface area contributed by atoms with Gasteiger partial charge in [-0.2, -0.15) is 14.0 Å². The molecule has 1 fully saturated rings. The SMILES string of the molecule is CC(C)(C)OC(=O)NCCC[n+]1cc(-c2ccc3c(c2)CC[C@H]([C@](C)(O/N=C(\C(=O)N[C@@H]2C(=O)N(OS(=O)(=O)[O-])C2(C)C)c2csc(NC(=O)OC(C)(C)C)n2)C(=O)OC(C)(C)C)O3)cn1C[C@@H](O)CNC(=O)OC(C)(C)C. The number of hydroxylamine groups is 2. The van der Waals surface area contributed by atoms with Crippen molar-refractivity contribution in [2.45, 2.75) is 188 Å². The maximum Gasteiger partial charge on any atom is 0.413 e. The number of anilines is 1. The number of oxime groups is 1. The number of aromatic nitrogens is 3. The molecule has 1 saturated heterocycles. The fourth-order valence-corrected chi connectivity index (χ4v) is 8.83. The lowest BCUT2D eigenvalue weighted by atomic mass is 9.84. The van der Waals surface area contributed by atoms with Gasteiger partial charge in [0.15, 0.2) is 23.5 Å². The summed E-state index contributed by atoms with van der Waals surface area (Å²) in [5.74, 6) is -2.73. The molecule has 3 aromatic rings. The van der Waals surface area contributed by atoms with E-state index in [0.717, 1.165) is 28.0 Å². The lowest BCUT2D eigenvalue weighted by Crippen LogP contribution is -2.76. The second-order valence-corrected chi connectivity index (χ2v) is 25.1. The molecule has 4 heterocycles. The molecule has 0 saturated carbocycles. The van der Waals surface area contributed by atoms with E-state index in [1.54, 1.807) is 99.9 Å². The molecular weight excluding hydrogens is 1060 g/mol. The van der Waals surface area contributed by atoms with Crippen molar-refractivity contribution in [1.82, 2.24) is 30.7 Å². The molecular formula is C50H73N9O17S2. The van der Waals surface area contributed by atoms with E-state index in [1.165, 1.54) is 26.2 Å². The molecule has 0 spiro atoms. The van der Waals surface area contributed by atoms with Crippen LogP contribution < -0.4 is 30.7 Å². The summed E-state index contributed by atoms with van der Waals surface area (Å²) < 4.78 is 70.6. The number of rotatable bonds is 19. The monoisotopic (exact) mass is 1140 g/mol. The first-order chi connectivity index (χ1) is 35.7. The number of hydrogen-bond acceptors (Lipinski definition) is 20. The number of amides is 5. The van der Waals surface area contributed by atoms with Gasteiger partial charge < -0.3 is 54.1 Å². The Labute approximate surface area is 457 Å². The number of alkyl carbamates (subject to hydrolysis) is 2. The van der Waals surface area contributed by atoms with Gasteiger partial charge in [-0.1, -0.05) is 11.2 Å². The molecule has 432 valence electrons. The molecule has 5 N–H and O–H groups in total. The molecule has 2 aliphatic heterocycles. The molecule has 2 aromatic heterocycles. The third-order valence-electron chi connectivity index (χ3n) is 11.2. The van der Waals surface area contributed by atoms with E-state index in [4.69, 9.17) is 28.5 Å². The molecule has 1 aromatic carbocycles. The van der Waals surface area contributed by atoms with Crippen molar-refractivity contribution >= 4 is 68.6 Å². The Hall–Kier alpha value is -6.62. The van der Waals surface area contributed by atoms with Crippen molar-refractivity contribution in [3.05, 3.63) is 47.2 Å². The lowest BCUT2D eigenvalue weighted by molar-refractivity contribution is -0.776. The first kappa shape index (κ1) is 62.2. The Kier molecular flexibility index (Phi) is 19.0. The van der Waals surface area contributed by atoms with E-state index >= 15 is 0 Å². The minimum Gasteiger partial charge on any atom is -0.724 e. The molecule has 0 unspecified atom stereocenters. The van der Waals surface area contributed by atoms with E-state index in [0.29, 0.717) is 36.7 Å². The molecule has 78 heavy (non-hydrogen) atoms. The van der Waals surface area contributed by atoms with Crippen LogP contribution >= 0.6 is 11.3 Å². The van der Waals surface area contributed by atoms with Crippen LogP contribution in [0.2, 0.25) is 0 Å². The number of aryl methyl sites for hydroxylation is 2. The average Bonchev–Trinajstić information content (AvgIpc) is 3.91. The van der Waals surface area contributed by atoms with Gasteiger partial charge in [0.2, 0.25) is 16.6 Å². The summed E-state index contributed by atoms with van der Waals surface area (Å²) in [6.45, 7) is 25.1. The molecule has 28 heteroatoms. The number of thiazole rings is 1. The number of β-lactam (4-membered cyclic amide) rings is 1. The fourth-order valence-electron chi connectivity index (χ4n) is 7.70. The number of esters is 1. The minimum absolute atomic E-state index is 0.0364. The summed E-state index contributed by atoms with van der Waals surface area (Å²) in [7, 11) is -5.38. The highest BCUT2D eigenvalue weighted by Gasteiger charge is 2.58. The van der Waals surface area contributed by atoms with Crippen LogP contribution in [0.5, 0.6) is 5.75 Å². The third-order valence-corrected chi connectivity index (χ3v) is 12.3. The highest BCUT2D eigenvalue weighted by atomic mass is 32.3. The number of nitrogens with one attached hydrogen (secondary N) is 4. The zero-order valence-corrected chi connectivity index (χ0v) is 48.3. The van der Waals surface area contributed by atoms with Gasteiger partial charge in [0, 0.05) is 24.9 Å². The van der Waals surface area contributed by atoms with Gasteiger partial charge in [-0.3, -0.25) is 14.9 Å². The molecule has 5 rings (SSSR count). The second-order valence-electron chi connectivity index (χ2n) is 23.3. The highest BCUT2D eigenvalue weighted by Crippen LogP contribution is 2.38. The number of nitrogens with zero attached hydrogens (tertiary/aromatic N) is 5. The van der Waals surface area contributed by atoms with Crippen LogP contribution in [-0.4, -0.2) is 139 Å². The minimum atomic E-state index is -5.38. The first-order valence-corrected chi connectivity index (χ1v) is 27.2. The highest BCUT2D eigenvalue weighted by molar-refractivity contribution is 7.80. The lowest BCUT2D eigenvalue weighted by Gasteiger charge is -2.51. The number of benzene rings is 1. The summed E-state index contributed by atoms with van der Waals surface area (Å²) in [4.78, 5) is 89.4. The average molecular weight is 1140 g/mol. The summed E-state index contributed by atoms with van der Waals surface area (Å²) in [5.41, 5.74) is -5.53. The van der Waals surface area contributed by atoms with Crippen molar-refractivity contribution in [2.75, 3.05) is 18.4 Å². The van der Waals surface area contributed by atoms with E-state index in [2.05, 4.69) is 35.7 Å². The van der Waals surface area contributed by atoms with Gasteiger partial charge >= 0.3 is 24.2 Å². The number of hydrogen-bond donors (Lipinski definition) is 5. The molecule has 4 atom stereocenters. The fraction of sp³-hybridized carbons (Fsp3) is 0.620. The molecule has 5 amide bonds.